The normalized spacial score (nSPS) is 18.3. The van der Waals surface area contributed by atoms with Crippen LogP contribution in [0.1, 0.15) is 37.0 Å². The van der Waals surface area contributed by atoms with E-state index in [1.54, 1.807) is 43.5 Å². The Hall–Kier alpha value is -3.00. The molecule has 158 valence electrons. The van der Waals surface area contributed by atoms with E-state index in [9.17, 15) is 23.9 Å². The van der Waals surface area contributed by atoms with E-state index < -0.39 is 35.5 Å². The molecule has 2 atom stereocenters. The van der Waals surface area contributed by atoms with Crippen molar-refractivity contribution in [3.8, 4) is 11.1 Å². The third-order valence-electron chi connectivity index (χ3n) is 4.82. The van der Waals surface area contributed by atoms with E-state index in [1.165, 1.54) is 12.1 Å². The maximum atomic E-state index is 13.3. The third kappa shape index (κ3) is 4.76. The van der Waals surface area contributed by atoms with Gasteiger partial charge in [0.05, 0.1) is 17.9 Å². The second-order valence-electron chi connectivity index (χ2n) is 7.30. The first-order valence-corrected chi connectivity index (χ1v) is 10.4. The molecular formula is C22H22FNO5S. The molecule has 1 aromatic heterocycles. The van der Waals surface area contributed by atoms with Crippen molar-refractivity contribution in [1.29, 1.82) is 0 Å². The monoisotopic (exact) mass is 431 g/mol. The van der Waals surface area contributed by atoms with E-state index in [0.29, 0.717) is 17.5 Å². The highest BCUT2D eigenvalue weighted by molar-refractivity contribution is 7.15. The Balaban J connectivity index is 1.95. The predicted molar refractivity (Wildman–Crippen MR) is 112 cm³/mol. The summed E-state index contributed by atoms with van der Waals surface area (Å²) >= 11 is 1.14. The molecule has 8 heteroatoms. The zero-order chi connectivity index (χ0) is 21.8. The van der Waals surface area contributed by atoms with Crippen LogP contribution in [0.5, 0.6) is 0 Å². The highest BCUT2D eigenvalue weighted by Crippen LogP contribution is 2.37. The highest BCUT2D eigenvalue weighted by Gasteiger charge is 2.35. The fourth-order valence-corrected chi connectivity index (χ4v) is 4.31. The number of carbonyl (C=O) groups is 3. The smallest absolute Gasteiger partial charge is 0.342 e. The molecule has 0 fully saturated rings. The molecule has 1 aliphatic rings. The number of aliphatic carboxylic acids is 1. The number of amides is 1. The van der Waals surface area contributed by atoms with Gasteiger partial charge in [-0.1, -0.05) is 24.3 Å². The lowest BCUT2D eigenvalue weighted by Gasteiger charge is -2.24. The van der Waals surface area contributed by atoms with Crippen molar-refractivity contribution in [3.63, 3.8) is 0 Å². The minimum absolute atomic E-state index is 0.173. The number of nitrogens with one attached hydrogen (secondary N) is 1. The number of benzene rings is 1. The largest absolute Gasteiger partial charge is 0.481 e. The van der Waals surface area contributed by atoms with Crippen molar-refractivity contribution in [3.05, 3.63) is 53.2 Å². The number of esters is 1. The molecule has 3 rings (SSSR count). The molecule has 2 N–H and O–H groups in total. The number of allylic oxidation sites excluding steroid dienone is 2. The molecule has 0 saturated heterocycles. The second-order valence-corrected chi connectivity index (χ2v) is 8.18. The molecule has 0 aliphatic heterocycles. The number of carboxylic acids is 1. The summed E-state index contributed by atoms with van der Waals surface area (Å²) in [6, 6.07) is 5.66. The van der Waals surface area contributed by atoms with Crippen LogP contribution in [0.15, 0.2) is 41.8 Å². The number of hydrogen-bond acceptors (Lipinski definition) is 5. The Morgan fingerprint density at radius 2 is 1.77 bits per heavy atom. The van der Waals surface area contributed by atoms with Crippen LogP contribution in [-0.4, -0.2) is 29.1 Å². The second kappa shape index (κ2) is 9.21. The SMILES string of the molecule is CC(C)OC(=O)c1c(-c2ccc(F)cc2)csc1NC(=O)[C@@H]1CC=CC[C@@H]1C(=O)O. The van der Waals surface area contributed by atoms with Crippen LogP contribution in [0, 0.1) is 17.7 Å². The van der Waals surface area contributed by atoms with Crippen molar-refractivity contribution >= 4 is 34.2 Å². The zero-order valence-electron chi connectivity index (χ0n) is 16.6. The van der Waals surface area contributed by atoms with Crippen LogP contribution < -0.4 is 5.32 Å². The highest BCUT2D eigenvalue weighted by atomic mass is 32.1. The molecule has 0 bridgehead atoms. The van der Waals surface area contributed by atoms with Gasteiger partial charge >= 0.3 is 11.9 Å². The van der Waals surface area contributed by atoms with Gasteiger partial charge in [0.15, 0.2) is 0 Å². The molecule has 0 saturated carbocycles. The van der Waals surface area contributed by atoms with Crippen molar-refractivity contribution in [2.45, 2.75) is 32.8 Å². The Labute approximate surface area is 177 Å². The number of rotatable bonds is 6. The van der Waals surface area contributed by atoms with Gasteiger partial charge in [0, 0.05) is 10.9 Å². The van der Waals surface area contributed by atoms with Gasteiger partial charge < -0.3 is 15.2 Å². The lowest BCUT2D eigenvalue weighted by atomic mass is 9.82. The van der Waals surface area contributed by atoms with Gasteiger partial charge in [-0.3, -0.25) is 9.59 Å². The Kier molecular flexibility index (Phi) is 6.66. The molecular weight excluding hydrogens is 409 g/mol. The summed E-state index contributed by atoms with van der Waals surface area (Å²) in [7, 11) is 0. The lowest BCUT2D eigenvalue weighted by Crippen LogP contribution is -2.34. The van der Waals surface area contributed by atoms with Crippen molar-refractivity contribution in [2.75, 3.05) is 5.32 Å². The summed E-state index contributed by atoms with van der Waals surface area (Å²) in [6.45, 7) is 3.43. The fourth-order valence-electron chi connectivity index (χ4n) is 3.35. The summed E-state index contributed by atoms with van der Waals surface area (Å²) in [4.78, 5) is 37.2. The Morgan fingerprint density at radius 1 is 1.13 bits per heavy atom. The maximum Gasteiger partial charge on any atom is 0.342 e. The van der Waals surface area contributed by atoms with Crippen LogP contribution in [0.25, 0.3) is 11.1 Å². The predicted octanol–water partition coefficient (Wildman–Crippen LogP) is 4.72. The number of halogens is 1. The zero-order valence-corrected chi connectivity index (χ0v) is 17.4. The van der Waals surface area contributed by atoms with Gasteiger partial charge in [-0.05, 0) is 44.4 Å². The van der Waals surface area contributed by atoms with E-state index in [4.69, 9.17) is 4.74 Å². The number of thiophene rings is 1. The summed E-state index contributed by atoms with van der Waals surface area (Å²) < 4.78 is 18.7. The Morgan fingerprint density at radius 3 is 2.37 bits per heavy atom. The lowest BCUT2D eigenvalue weighted by molar-refractivity contribution is -0.146. The van der Waals surface area contributed by atoms with Gasteiger partial charge in [-0.25, -0.2) is 9.18 Å². The number of ether oxygens (including phenoxy) is 1. The molecule has 1 heterocycles. The molecule has 2 aromatic rings. The number of hydrogen-bond donors (Lipinski definition) is 2. The first kappa shape index (κ1) is 21.7. The van der Waals surface area contributed by atoms with Gasteiger partial charge in [-0.15, -0.1) is 11.3 Å². The molecule has 0 unspecified atom stereocenters. The molecule has 1 aromatic carbocycles. The van der Waals surface area contributed by atoms with Crippen molar-refractivity contribution in [2.24, 2.45) is 11.8 Å². The van der Waals surface area contributed by atoms with Gasteiger partial charge in [0.2, 0.25) is 5.91 Å². The summed E-state index contributed by atoms with van der Waals surface area (Å²) in [5.41, 5.74) is 1.29. The fraction of sp³-hybridized carbons (Fsp3) is 0.318. The van der Waals surface area contributed by atoms with E-state index in [2.05, 4.69) is 5.32 Å². The number of carboxylic acid groups (broad SMARTS) is 1. The van der Waals surface area contributed by atoms with Crippen LogP contribution in [0.2, 0.25) is 0 Å². The van der Waals surface area contributed by atoms with E-state index in [-0.39, 0.29) is 23.1 Å². The topological polar surface area (TPSA) is 92.7 Å². The molecule has 30 heavy (non-hydrogen) atoms. The van der Waals surface area contributed by atoms with Crippen LogP contribution in [0.3, 0.4) is 0 Å². The molecule has 1 aliphatic carbocycles. The van der Waals surface area contributed by atoms with Crippen molar-refractivity contribution in [1.82, 2.24) is 0 Å². The quantitative estimate of drug-likeness (QED) is 0.510. The average molecular weight is 431 g/mol. The maximum absolute atomic E-state index is 13.3. The third-order valence-corrected chi connectivity index (χ3v) is 5.71. The minimum Gasteiger partial charge on any atom is -0.481 e. The summed E-state index contributed by atoms with van der Waals surface area (Å²) in [6.07, 6.45) is 3.76. The first-order valence-electron chi connectivity index (χ1n) is 9.55. The van der Waals surface area contributed by atoms with Gasteiger partial charge in [0.25, 0.3) is 0 Å². The first-order chi connectivity index (χ1) is 14.3. The molecule has 0 spiro atoms. The summed E-state index contributed by atoms with van der Waals surface area (Å²) in [5, 5.41) is 14.1. The van der Waals surface area contributed by atoms with Crippen molar-refractivity contribution < 1.29 is 28.6 Å². The number of anilines is 1. The van der Waals surface area contributed by atoms with Crippen LogP contribution in [-0.2, 0) is 14.3 Å². The van der Waals surface area contributed by atoms with E-state index in [0.717, 1.165) is 11.3 Å². The average Bonchev–Trinajstić information content (AvgIpc) is 3.11. The minimum atomic E-state index is -1.03. The molecule has 1 amide bonds. The molecule has 6 nitrogen and oxygen atoms in total. The van der Waals surface area contributed by atoms with Gasteiger partial charge in [0.1, 0.15) is 16.4 Å². The number of carbonyl (C=O) groups excluding carboxylic acids is 2. The summed E-state index contributed by atoms with van der Waals surface area (Å²) in [5.74, 6) is -4.07. The van der Waals surface area contributed by atoms with Gasteiger partial charge in [-0.2, -0.15) is 0 Å². The standard InChI is InChI=1S/C22H22FNO5S/c1-12(2)29-22(28)18-17(13-7-9-14(23)10-8-13)11-30-20(18)24-19(25)15-5-3-4-6-16(15)21(26)27/h3-4,7-12,15-16H,5-6H2,1-2H3,(H,24,25)(H,26,27)/t15-,16+/m1/s1. The van der Waals surface area contributed by atoms with E-state index >= 15 is 0 Å². The Bertz CT molecular complexity index is 980. The van der Waals surface area contributed by atoms with E-state index in [1.807, 2.05) is 0 Å². The molecule has 0 radical (unpaired) electrons. The van der Waals surface area contributed by atoms with Crippen LogP contribution >= 0.6 is 11.3 Å². The van der Waals surface area contributed by atoms with Crippen LogP contribution in [0.4, 0.5) is 9.39 Å².